The van der Waals surface area contributed by atoms with Gasteiger partial charge in [-0.2, -0.15) is 5.10 Å². The van der Waals surface area contributed by atoms with E-state index in [9.17, 15) is 4.79 Å². The van der Waals surface area contributed by atoms with Gasteiger partial charge in [0.05, 0.1) is 25.1 Å². The highest BCUT2D eigenvalue weighted by atomic mass is 16.5. The van der Waals surface area contributed by atoms with Gasteiger partial charge in [-0.25, -0.2) is 9.50 Å². The number of carbonyl (C=O) groups is 1. The number of nitrogens with zero attached hydrogens (tertiary/aromatic N) is 6. The molecule has 0 spiro atoms. The third-order valence-corrected chi connectivity index (χ3v) is 5.43. The number of morpholine rings is 1. The SMILES string of the molecule is O=C(c1ccccn1)N1CC[C@@H](c2nc3ccc(N4CCOCC4)cn3n2)C1. The van der Waals surface area contributed by atoms with Crippen LogP contribution in [0.1, 0.15) is 28.7 Å². The Morgan fingerprint density at radius 1 is 1.11 bits per heavy atom. The second-order valence-corrected chi connectivity index (χ2v) is 7.21. The van der Waals surface area contributed by atoms with E-state index in [1.54, 1.807) is 12.3 Å². The Labute approximate surface area is 162 Å². The molecular weight excluding hydrogens is 356 g/mol. The summed E-state index contributed by atoms with van der Waals surface area (Å²) in [6, 6.07) is 9.50. The van der Waals surface area contributed by atoms with Crippen LogP contribution in [0.5, 0.6) is 0 Å². The largest absolute Gasteiger partial charge is 0.378 e. The summed E-state index contributed by atoms with van der Waals surface area (Å²) in [4.78, 5) is 25.6. The first-order valence-corrected chi connectivity index (χ1v) is 9.67. The van der Waals surface area contributed by atoms with Gasteiger partial charge in [0.15, 0.2) is 11.5 Å². The van der Waals surface area contributed by atoms with Gasteiger partial charge in [0, 0.05) is 38.3 Å². The molecule has 0 unspecified atom stereocenters. The van der Waals surface area contributed by atoms with E-state index < -0.39 is 0 Å². The van der Waals surface area contributed by atoms with E-state index in [1.807, 2.05) is 33.8 Å². The number of ether oxygens (including phenoxy) is 1. The first-order chi connectivity index (χ1) is 13.8. The molecule has 0 bridgehead atoms. The summed E-state index contributed by atoms with van der Waals surface area (Å²) in [6.45, 7) is 4.61. The summed E-state index contributed by atoms with van der Waals surface area (Å²) >= 11 is 0. The molecule has 5 rings (SSSR count). The van der Waals surface area contributed by atoms with Crippen LogP contribution in [0.2, 0.25) is 0 Å². The number of hydrogen-bond acceptors (Lipinski definition) is 6. The maximum Gasteiger partial charge on any atom is 0.272 e. The lowest BCUT2D eigenvalue weighted by molar-refractivity contribution is 0.0784. The normalized spacial score (nSPS) is 20.1. The molecule has 2 saturated heterocycles. The smallest absolute Gasteiger partial charge is 0.272 e. The highest BCUT2D eigenvalue weighted by molar-refractivity contribution is 5.92. The van der Waals surface area contributed by atoms with Crippen LogP contribution in [0, 0.1) is 0 Å². The van der Waals surface area contributed by atoms with Gasteiger partial charge in [-0.1, -0.05) is 6.07 Å². The number of fused-ring (bicyclic) bond motifs is 1. The highest BCUT2D eigenvalue weighted by Gasteiger charge is 2.31. The second kappa shape index (κ2) is 7.20. The predicted octanol–water partition coefficient (Wildman–Crippen LogP) is 1.59. The zero-order valence-corrected chi connectivity index (χ0v) is 15.6. The lowest BCUT2D eigenvalue weighted by Gasteiger charge is -2.28. The summed E-state index contributed by atoms with van der Waals surface area (Å²) in [6.07, 6.45) is 4.55. The van der Waals surface area contributed by atoms with Crippen molar-refractivity contribution in [3.05, 3.63) is 54.2 Å². The molecule has 2 aliphatic rings. The van der Waals surface area contributed by atoms with Crippen molar-refractivity contribution in [2.45, 2.75) is 12.3 Å². The molecule has 2 fully saturated rings. The molecule has 144 valence electrons. The minimum atomic E-state index is -0.0264. The van der Waals surface area contributed by atoms with Crippen LogP contribution >= 0.6 is 0 Å². The Kier molecular flexibility index (Phi) is 4.40. The summed E-state index contributed by atoms with van der Waals surface area (Å²) in [5.41, 5.74) is 2.45. The molecule has 0 N–H and O–H groups in total. The quantitative estimate of drug-likeness (QED) is 0.689. The van der Waals surface area contributed by atoms with Crippen LogP contribution in [-0.4, -0.2) is 69.8 Å². The van der Waals surface area contributed by atoms with Crippen molar-refractivity contribution >= 4 is 17.2 Å². The topological polar surface area (TPSA) is 75.9 Å². The summed E-state index contributed by atoms with van der Waals surface area (Å²) in [7, 11) is 0. The zero-order chi connectivity index (χ0) is 18.9. The summed E-state index contributed by atoms with van der Waals surface area (Å²) in [5.74, 6) is 0.927. The minimum Gasteiger partial charge on any atom is -0.378 e. The molecule has 1 atom stereocenters. The van der Waals surface area contributed by atoms with Gasteiger partial charge in [-0.3, -0.25) is 9.78 Å². The summed E-state index contributed by atoms with van der Waals surface area (Å²) in [5, 5.41) is 4.71. The summed E-state index contributed by atoms with van der Waals surface area (Å²) < 4.78 is 7.28. The van der Waals surface area contributed by atoms with E-state index in [0.717, 1.165) is 49.9 Å². The number of rotatable bonds is 3. The zero-order valence-electron chi connectivity index (χ0n) is 15.6. The Morgan fingerprint density at radius 3 is 2.82 bits per heavy atom. The number of hydrogen-bond donors (Lipinski definition) is 0. The first-order valence-electron chi connectivity index (χ1n) is 9.67. The predicted molar refractivity (Wildman–Crippen MR) is 104 cm³/mol. The van der Waals surface area contributed by atoms with E-state index in [1.165, 1.54) is 0 Å². The molecular formula is C20H22N6O2. The molecule has 3 aromatic heterocycles. The number of carbonyl (C=O) groups excluding carboxylic acids is 1. The Bertz CT molecular complexity index is 983. The average molecular weight is 378 g/mol. The van der Waals surface area contributed by atoms with Gasteiger partial charge < -0.3 is 14.5 Å². The molecule has 0 radical (unpaired) electrons. The van der Waals surface area contributed by atoms with Crippen molar-refractivity contribution in [3.8, 4) is 0 Å². The number of amides is 1. The minimum absolute atomic E-state index is 0.0264. The molecule has 8 heteroatoms. The Hall–Kier alpha value is -3.00. The molecule has 2 aliphatic heterocycles. The molecule has 0 saturated carbocycles. The van der Waals surface area contributed by atoms with Crippen LogP contribution < -0.4 is 4.90 Å². The third kappa shape index (κ3) is 3.20. The fraction of sp³-hybridized carbons (Fsp3) is 0.400. The van der Waals surface area contributed by atoms with Gasteiger partial charge >= 0.3 is 0 Å². The van der Waals surface area contributed by atoms with E-state index in [-0.39, 0.29) is 11.8 Å². The molecule has 5 heterocycles. The van der Waals surface area contributed by atoms with Crippen LogP contribution in [0.3, 0.4) is 0 Å². The number of aromatic nitrogens is 4. The Balaban J connectivity index is 1.33. The van der Waals surface area contributed by atoms with E-state index in [2.05, 4.69) is 16.0 Å². The van der Waals surface area contributed by atoms with Crippen LogP contribution in [0.4, 0.5) is 5.69 Å². The molecule has 8 nitrogen and oxygen atoms in total. The van der Waals surface area contributed by atoms with Crippen molar-refractivity contribution in [3.63, 3.8) is 0 Å². The average Bonchev–Trinajstić information content (AvgIpc) is 3.41. The number of pyridine rings is 2. The first kappa shape index (κ1) is 17.1. The fourth-order valence-electron chi connectivity index (χ4n) is 3.88. The van der Waals surface area contributed by atoms with E-state index in [4.69, 9.17) is 14.8 Å². The number of anilines is 1. The monoisotopic (exact) mass is 378 g/mol. The van der Waals surface area contributed by atoms with Crippen molar-refractivity contribution < 1.29 is 9.53 Å². The standard InChI is InChI=1S/C20H22N6O2/c27-20(17-3-1-2-7-21-17)25-8-6-15(13-25)19-22-18-5-4-16(14-26(18)23-19)24-9-11-28-12-10-24/h1-5,7,14-15H,6,8-13H2/t15-/m1/s1. The highest BCUT2D eigenvalue weighted by Crippen LogP contribution is 2.27. The molecule has 3 aromatic rings. The maximum absolute atomic E-state index is 12.6. The third-order valence-electron chi connectivity index (χ3n) is 5.43. The maximum atomic E-state index is 12.6. The van der Waals surface area contributed by atoms with Crippen molar-refractivity contribution in [2.24, 2.45) is 0 Å². The van der Waals surface area contributed by atoms with Crippen molar-refractivity contribution in [1.82, 2.24) is 24.5 Å². The van der Waals surface area contributed by atoms with Crippen LogP contribution in [0.25, 0.3) is 5.65 Å². The fourth-order valence-corrected chi connectivity index (χ4v) is 3.88. The molecule has 0 aliphatic carbocycles. The lowest BCUT2D eigenvalue weighted by Crippen LogP contribution is -2.36. The molecule has 28 heavy (non-hydrogen) atoms. The van der Waals surface area contributed by atoms with Crippen LogP contribution in [-0.2, 0) is 4.74 Å². The second-order valence-electron chi connectivity index (χ2n) is 7.21. The van der Waals surface area contributed by atoms with Gasteiger partial charge in [-0.05, 0) is 30.7 Å². The van der Waals surface area contributed by atoms with Gasteiger partial charge in [0.2, 0.25) is 0 Å². The van der Waals surface area contributed by atoms with Gasteiger partial charge in [0.25, 0.3) is 5.91 Å². The van der Waals surface area contributed by atoms with Gasteiger partial charge in [-0.15, -0.1) is 0 Å². The van der Waals surface area contributed by atoms with Gasteiger partial charge in [0.1, 0.15) is 5.69 Å². The Morgan fingerprint density at radius 2 is 2.00 bits per heavy atom. The molecule has 0 aromatic carbocycles. The van der Waals surface area contributed by atoms with Crippen molar-refractivity contribution in [1.29, 1.82) is 0 Å². The molecule has 1 amide bonds. The van der Waals surface area contributed by atoms with Crippen molar-refractivity contribution in [2.75, 3.05) is 44.3 Å². The van der Waals surface area contributed by atoms with Crippen LogP contribution in [0.15, 0.2) is 42.7 Å². The van der Waals surface area contributed by atoms with E-state index >= 15 is 0 Å². The van der Waals surface area contributed by atoms with E-state index in [0.29, 0.717) is 18.8 Å². The lowest BCUT2D eigenvalue weighted by atomic mass is 10.1. The number of likely N-dealkylation sites (tertiary alicyclic amines) is 1.